The van der Waals surface area contributed by atoms with E-state index in [2.05, 4.69) is 0 Å². The molecule has 21 heavy (non-hydrogen) atoms. The molecule has 1 amide bonds. The van der Waals surface area contributed by atoms with Crippen LogP contribution in [-0.4, -0.2) is 35.0 Å². The molecule has 0 radical (unpaired) electrons. The lowest BCUT2D eigenvalue weighted by atomic mass is 10.1. The predicted molar refractivity (Wildman–Crippen MR) is 84.5 cm³/mol. The van der Waals surface area contributed by atoms with Crippen molar-refractivity contribution in [2.75, 3.05) is 13.1 Å². The van der Waals surface area contributed by atoms with Gasteiger partial charge >= 0.3 is 5.97 Å². The van der Waals surface area contributed by atoms with E-state index in [9.17, 15) is 9.59 Å². The minimum Gasteiger partial charge on any atom is -0.481 e. The molecule has 4 nitrogen and oxygen atoms in total. The molecule has 1 atom stereocenters. The zero-order chi connectivity index (χ0) is 16.0. The van der Waals surface area contributed by atoms with Crippen LogP contribution < -0.4 is 0 Å². The molecule has 0 saturated heterocycles. The minimum atomic E-state index is -0.924. The number of carbonyl (C=O) groups is 2. The van der Waals surface area contributed by atoms with Crippen molar-refractivity contribution in [3.63, 3.8) is 0 Å². The zero-order valence-corrected chi connectivity index (χ0v) is 13.4. The topological polar surface area (TPSA) is 57.6 Å². The molecule has 0 saturated carbocycles. The van der Waals surface area contributed by atoms with E-state index in [0.29, 0.717) is 22.2 Å². The van der Waals surface area contributed by atoms with E-state index in [-0.39, 0.29) is 12.5 Å². The Bertz CT molecular complexity index is 538. The lowest BCUT2D eigenvalue weighted by molar-refractivity contribution is -0.142. The number of likely N-dealkylation sites (N-methyl/N-ethyl adjacent to an activating group) is 1. The Hall–Kier alpha value is -1.52. The van der Waals surface area contributed by atoms with E-state index < -0.39 is 11.9 Å². The Morgan fingerprint density at radius 3 is 2.33 bits per heavy atom. The number of rotatable bonds is 6. The summed E-state index contributed by atoms with van der Waals surface area (Å²) in [6, 6.07) is 4.98. The van der Waals surface area contributed by atoms with Crippen molar-refractivity contribution in [1.82, 2.24) is 4.90 Å². The fourth-order valence-corrected chi connectivity index (χ4v) is 2.27. The molecule has 6 heteroatoms. The minimum absolute atomic E-state index is 0.172. The number of aliphatic carboxylic acids is 1. The van der Waals surface area contributed by atoms with Crippen molar-refractivity contribution in [1.29, 1.82) is 0 Å². The molecule has 0 bridgehead atoms. The second kappa shape index (κ2) is 8.05. The van der Waals surface area contributed by atoms with Crippen LogP contribution >= 0.6 is 23.2 Å². The Morgan fingerprint density at radius 2 is 1.86 bits per heavy atom. The van der Waals surface area contributed by atoms with E-state index >= 15 is 0 Å². The molecule has 0 fully saturated rings. The molecule has 0 aliphatic rings. The normalized spacial score (nSPS) is 12.4. The highest BCUT2D eigenvalue weighted by molar-refractivity contribution is 6.34. The van der Waals surface area contributed by atoms with Gasteiger partial charge < -0.3 is 10.0 Å². The summed E-state index contributed by atoms with van der Waals surface area (Å²) in [6.07, 6.45) is 2.99. The average Bonchev–Trinajstić information content (AvgIpc) is 2.40. The predicted octanol–water partition coefficient (Wildman–Crippen LogP) is 3.58. The number of benzene rings is 1. The molecule has 0 heterocycles. The molecular formula is C15H17Cl2NO3. The van der Waals surface area contributed by atoms with Gasteiger partial charge in [0.15, 0.2) is 0 Å². The van der Waals surface area contributed by atoms with Gasteiger partial charge in [0.25, 0.3) is 0 Å². The lowest BCUT2D eigenvalue weighted by Gasteiger charge is -2.21. The number of carboxylic acid groups (broad SMARTS) is 1. The van der Waals surface area contributed by atoms with E-state index in [4.69, 9.17) is 28.3 Å². The second-order valence-electron chi connectivity index (χ2n) is 4.65. The van der Waals surface area contributed by atoms with Crippen LogP contribution in [0.1, 0.15) is 19.4 Å². The van der Waals surface area contributed by atoms with Gasteiger partial charge in [-0.2, -0.15) is 0 Å². The summed E-state index contributed by atoms with van der Waals surface area (Å²) in [4.78, 5) is 24.4. The van der Waals surface area contributed by atoms with E-state index in [1.807, 2.05) is 0 Å². The van der Waals surface area contributed by atoms with Crippen LogP contribution in [0, 0.1) is 5.92 Å². The van der Waals surface area contributed by atoms with E-state index in [1.165, 1.54) is 11.0 Å². The average molecular weight is 330 g/mol. The number of carbonyl (C=O) groups excluding carboxylic acids is 1. The standard InChI is InChI=1S/C15H17Cl2NO3/c1-3-18(9-10(2)15(20)21)14(19)5-4-11-6-12(16)8-13(17)7-11/h4-8,10H,3,9H2,1-2H3,(H,20,21). The molecular weight excluding hydrogens is 313 g/mol. The number of nitrogens with zero attached hydrogens (tertiary/aromatic N) is 1. The van der Waals surface area contributed by atoms with Crippen LogP contribution in [0.25, 0.3) is 6.08 Å². The maximum absolute atomic E-state index is 12.1. The molecule has 1 aromatic carbocycles. The summed E-state index contributed by atoms with van der Waals surface area (Å²) in [6.45, 7) is 3.98. The molecule has 1 unspecified atom stereocenters. The zero-order valence-electron chi connectivity index (χ0n) is 11.8. The van der Waals surface area contributed by atoms with Crippen LogP contribution in [-0.2, 0) is 9.59 Å². The van der Waals surface area contributed by atoms with Gasteiger partial charge in [0.2, 0.25) is 5.91 Å². The summed E-state index contributed by atoms with van der Waals surface area (Å²) in [5.41, 5.74) is 0.711. The van der Waals surface area contributed by atoms with Crippen LogP contribution in [0.3, 0.4) is 0 Å². The molecule has 114 valence electrons. The first-order valence-electron chi connectivity index (χ1n) is 6.49. The molecule has 1 N–H and O–H groups in total. The summed E-state index contributed by atoms with van der Waals surface area (Å²) < 4.78 is 0. The summed E-state index contributed by atoms with van der Waals surface area (Å²) in [5, 5.41) is 9.87. The molecule has 0 aromatic heterocycles. The fourth-order valence-electron chi connectivity index (χ4n) is 1.73. The first-order valence-corrected chi connectivity index (χ1v) is 7.25. The molecule has 1 rings (SSSR count). The van der Waals surface area contributed by atoms with Crippen LogP contribution in [0.4, 0.5) is 0 Å². The maximum atomic E-state index is 12.1. The Kier molecular flexibility index (Phi) is 6.72. The van der Waals surface area contributed by atoms with Gasteiger partial charge in [-0.1, -0.05) is 30.1 Å². The third-order valence-corrected chi connectivity index (χ3v) is 3.35. The molecule has 1 aromatic rings. The van der Waals surface area contributed by atoms with Crippen molar-refractivity contribution < 1.29 is 14.7 Å². The highest BCUT2D eigenvalue weighted by Gasteiger charge is 2.17. The monoisotopic (exact) mass is 329 g/mol. The van der Waals surface area contributed by atoms with Crippen molar-refractivity contribution in [3.05, 3.63) is 39.9 Å². The first kappa shape index (κ1) is 17.5. The van der Waals surface area contributed by atoms with Crippen molar-refractivity contribution in [2.24, 2.45) is 5.92 Å². The van der Waals surface area contributed by atoms with Crippen molar-refractivity contribution >= 4 is 41.2 Å². The number of amides is 1. The van der Waals surface area contributed by atoms with Crippen molar-refractivity contribution in [2.45, 2.75) is 13.8 Å². The number of carboxylic acids is 1. The SMILES string of the molecule is CCN(CC(C)C(=O)O)C(=O)C=Cc1cc(Cl)cc(Cl)c1. The molecule has 0 aliphatic heterocycles. The third-order valence-electron chi connectivity index (χ3n) is 2.91. The number of hydrogen-bond acceptors (Lipinski definition) is 2. The van der Waals surface area contributed by atoms with Gasteiger partial charge in [-0.3, -0.25) is 9.59 Å². The second-order valence-corrected chi connectivity index (χ2v) is 5.53. The summed E-state index contributed by atoms with van der Waals surface area (Å²) >= 11 is 11.8. The fraction of sp³-hybridized carbons (Fsp3) is 0.333. The van der Waals surface area contributed by atoms with Crippen molar-refractivity contribution in [3.8, 4) is 0 Å². The highest BCUT2D eigenvalue weighted by atomic mass is 35.5. The summed E-state index contributed by atoms with van der Waals surface area (Å²) in [7, 11) is 0. The number of halogens is 2. The van der Waals surface area contributed by atoms with Crippen LogP contribution in [0.5, 0.6) is 0 Å². The Balaban J connectivity index is 2.77. The number of hydrogen-bond donors (Lipinski definition) is 1. The smallest absolute Gasteiger partial charge is 0.308 e. The first-order chi connectivity index (χ1) is 9.83. The maximum Gasteiger partial charge on any atom is 0.308 e. The van der Waals surface area contributed by atoms with E-state index in [0.717, 1.165) is 0 Å². The van der Waals surface area contributed by atoms with Gasteiger partial charge in [0.1, 0.15) is 0 Å². The van der Waals surface area contributed by atoms with Crippen LogP contribution in [0.2, 0.25) is 10.0 Å². The van der Waals surface area contributed by atoms with Crippen LogP contribution in [0.15, 0.2) is 24.3 Å². The molecule has 0 spiro atoms. The van der Waals surface area contributed by atoms with Gasteiger partial charge in [-0.25, -0.2) is 0 Å². The van der Waals surface area contributed by atoms with Gasteiger partial charge in [0, 0.05) is 29.2 Å². The summed E-state index contributed by atoms with van der Waals surface area (Å²) in [5.74, 6) is -1.78. The third kappa shape index (κ3) is 5.78. The lowest BCUT2D eigenvalue weighted by Crippen LogP contribution is -2.35. The molecule has 0 aliphatic carbocycles. The Labute approximate surface area is 134 Å². The van der Waals surface area contributed by atoms with Gasteiger partial charge in [-0.05, 0) is 36.8 Å². The van der Waals surface area contributed by atoms with Gasteiger partial charge in [-0.15, -0.1) is 0 Å². The van der Waals surface area contributed by atoms with E-state index in [1.54, 1.807) is 38.1 Å². The quantitative estimate of drug-likeness (QED) is 0.811. The Morgan fingerprint density at radius 1 is 1.29 bits per heavy atom. The largest absolute Gasteiger partial charge is 0.481 e. The van der Waals surface area contributed by atoms with Gasteiger partial charge in [0.05, 0.1) is 5.92 Å². The highest BCUT2D eigenvalue weighted by Crippen LogP contribution is 2.20.